The minimum absolute atomic E-state index is 0.0464. The van der Waals surface area contributed by atoms with E-state index in [1.165, 1.54) is 47.4 Å². The molecule has 2 unspecified atom stereocenters. The summed E-state index contributed by atoms with van der Waals surface area (Å²) in [6, 6.07) is 9.04. The molecule has 3 atom stereocenters. The SMILES string of the molecule is CCc1ccc2c(c1)[C@@H](NCC(O)C(Cc1cc(F)cc(F)c1)NC(=O)c1cnccn1)CCC2. The Labute approximate surface area is 203 Å². The lowest BCUT2D eigenvalue weighted by Crippen LogP contribution is -2.49. The molecule has 2 aromatic carbocycles. The van der Waals surface area contributed by atoms with E-state index in [2.05, 4.69) is 45.7 Å². The minimum Gasteiger partial charge on any atom is -0.390 e. The largest absolute Gasteiger partial charge is 0.390 e. The molecular formula is C27H30F2N4O2. The van der Waals surface area contributed by atoms with Gasteiger partial charge in [-0.05, 0) is 66.5 Å². The van der Waals surface area contributed by atoms with Crippen molar-refractivity contribution in [3.8, 4) is 0 Å². The number of nitrogens with zero attached hydrogens (tertiary/aromatic N) is 2. The fourth-order valence-corrected chi connectivity index (χ4v) is 4.61. The molecule has 1 aliphatic rings. The van der Waals surface area contributed by atoms with E-state index in [4.69, 9.17) is 0 Å². The van der Waals surface area contributed by atoms with Crippen LogP contribution < -0.4 is 10.6 Å². The molecule has 0 radical (unpaired) electrons. The maximum atomic E-state index is 13.8. The number of hydrogen-bond donors (Lipinski definition) is 3. The van der Waals surface area contributed by atoms with Crippen molar-refractivity contribution in [2.45, 2.75) is 57.2 Å². The van der Waals surface area contributed by atoms with Gasteiger partial charge in [0.05, 0.1) is 18.3 Å². The molecule has 35 heavy (non-hydrogen) atoms. The van der Waals surface area contributed by atoms with Gasteiger partial charge in [-0.1, -0.05) is 25.1 Å². The number of carbonyl (C=O) groups is 1. The standard InChI is InChI=1S/C27H30F2N4O2/c1-2-17-6-7-19-4-3-5-23(22(19)12-17)32-16-26(34)24(13-18-10-20(28)14-21(29)11-18)33-27(35)25-15-30-8-9-31-25/h6-12,14-15,23-24,26,32,34H,2-5,13,16H2,1H3,(H,33,35)/t23-,24?,26?/m0/s1. The van der Waals surface area contributed by atoms with E-state index in [1.54, 1.807) is 0 Å². The van der Waals surface area contributed by atoms with E-state index in [0.717, 1.165) is 31.7 Å². The first-order chi connectivity index (χ1) is 16.9. The number of aryl methyl sites for hydroxylation is 2. The lowest BCUT2D eigenvalue weighted by Gasteiger charge is -2.30. The van der Waals surface area contributed by atoms with Crippen LogP contribution in [0.3, 0.4) is 0 Å². The second-order valence-corrected chi connectivity index (χ2v) is 8.96. The van der Waals surface area contributed by atoms with Crippen molar-refractivity contribution in [3.63, 3.8) is 0 Å². The lowest BCUT2D eigenvalue weighted by atomic mass is 9.86. The highest BCUT2D eigenvalue weighted by Crippen LogP contribution is 2.30. The summed E-state index contributed by atoms with van der Waals surface area (Å²) in [4.78, 5) is 20.6. The first-order valence-corrected chi connectivity index (χ1v) is 12.0. The molecule has 6 nitrogen and oxygen atoms in total. The Morgan fingerprint density at radius 3 is 2.66 bits per heavy atom. The number of rotatable bonds is 9. The first kappa shape index (κ1) is 24.9. The van der Waals surface area contributed by atoms with Gasteiger partial charge in [0, 0.05) is 31.0 Å². The van der Waals surface area contributed by atoms with Gasteiger partial charge in [-0.15, -0.1) is 0 Å². The molecule has 1 aromatic heterocycles. The third-order valence-electron chi connectivity index (χ3n) is 6.46. The van der Waals surface area contributed by atoms with Crippen LogP contribution in [0.4, 0.5) is 8.78 Å². The molecule has 3 N–H and O–H groups in total. The summed E-state index contributed by atoms with van der Waals surface area (Å²) >= 11 is 0. The van der Waals surface area contributed by atoms with E-state index >= 15 is 0 Å². The maximum Gasteiger partial charge on any atom is 0.271 e. The van der Waals surface area contributed by atoms with Crippen LogP contribution in [0.1, 0.15) is 58.5 Å². The van der Waals surface area contributed by atoms with E-state index in [0.29, 0.717) is 5.56 Å². The monoisotopic (exact) mass is 480 g/mol. The van der Waals surface area contributed by atoms with Crippen LogP contribution in [0.25, 0.3) is 0 Å². The fourth-order valence-electron chi connectivity index (χ4n) is 4.61. The number of hydrogen-bond acceptors (Lipinski definition) is 5. The van der Waals surface area contributed by atoms with Crippen LogP contribution in [-0.4, -0.2) is 39.7 Å². The quantitative estimate of drug-likeness (QED) is 0.435. The van der Waals surface area contributed by atoms with Crippen LogP contribution in [0.2, 0.25) is 0 Å². The smallest absolute Gasteiger partial charge is 0.271 e. The molecule has 8 heteroatoms. The Hall–Kier alpha value is -3.23. The fraction of sp³-hybridized carbons (Fsp3) is 0.370. The molecule has 0 saturated heterocycles. The van der Waals surface area contributed by atoms with Crippen LogP contribution in [-0.2, 0) is 19.3 Å². The minimum atomic E-state index is -1.01. The van der Waals surface area contributed by atoms with Crippen molar-refractivity contribution in [2.24, 2.45) is 0 Å². The molecule has 0 fully saturated rings. The van der Waals surface area contributed by atoms with Gasteiger partial charge in [-0.2, -0.15) is 0 Å². The number of aromatic nitrogens is 2. The van der Waals surface area contributed by atoms with Gasteiger partial charge in [-0.25, -0.2) is 13.8 Å². The molecule has 3 aromatic rings. The van der Waals surface area contributed by atoms with Gasteiger partial charge in [0.2, 0.25) is 0 Å². The van der Waals surface area contributed by atoms with Gasteiger partial charge in [0.15, 0.2) is 0 Å². The van der Waals surface area contributed by atoms with Crippen molar-refractivity contribution in [1.29, 1.82) is 0 Å². The van der Waals surface area contributed by atoms with Crippen LogP contribution in [0.15, 0.2) is 55.0 Å². The molecular weight excluding hydrogens is 450 g/mol. The van der Waals surface area contributed by atoms with Gasteiger partial charge in [0.25, 0.3) is 5.91 Å². The van der Waals surface area contributed by atoms with E-state index in [-0.39, 0.29) is 24.7 Å². The molecule has 0 saturated carbocycles. The second kappa shape index (κ2) is 11.5. The number of aliphatic hydroxyl groups is 1. The molecule has 0 aliphatic heterocycles. The summed E-state index contributed by atoms with van der Waals surface area (Å²) in [5.74, 6) is -1.94. The highest BCUT2D eigenvalue weighted by molar-refractivity contribution is 5.92. The van der Waals surface area contributed by atoms with Crippen molar-refractivity contribution < 1.29 is 18.7 Å². The molecule has 1 aliphatic carbocycles. The van der Waals surface area contributed by atoms with Crippen molar-refractivity contribution in [3.05, 3.63) is 94.6 Å². The number of amides is 1. The average molecular weight is 481 g/mol. The van der Waals surface area contributed by atoms with Crippen LogP contribution in [0, 0.1) is 11.6 Å². The maximum absolute atomic E-state index is 13.8. The summed E-state index contributed by atoms with van der Waals surface area (Å²) in [7, 11) is 0. The number of aliphatic hydroxyl groups excluding tert-OH is 1. The predicted molar refractivity (Wildman–Crippen MR) is 129 cm³/mol. The Bertz CT molecular complexity index is 1140. The Kier molecular flexibility index (Phi) is 8.15. The van der Waals surface area contributed by atoms with Gasteiger partial charge < -0.3 is 15.7 Å². The topological polar surface area (TPSA) is 87.1 Å². The number of halogens is 2. The van der Waals surface area contributed by atoms with Gasteiger partial charge in [-0.3, -0.25) is 9.78 Å². The normalized spacial score (nSPS) is 16.9. The molecule has 1 heterocycles. The third-order valence-corrected chi connectivity index (χ3v) is 6.46. The summed E-state index contributed by atoms with van der Waals surface area (Å²) in [5, 5.41) is 17.3. The second-order valence-electron chi connectivity index (χ2n) is 8.96. The molecule has 0 spiro atoms. The highest BCUT2D eigenvalue weighted by Gasteiger charge is 2.26. The van der Waals surface area contributed by atoms with E-state index in [9.17, 15) is 18.7 Å². The Morgan fingerprint density at radius 2 is 1.94 bits per heavy atom. The summed E-state index contributed by atoms with van der Waals surface area (Å²) in [6.07, 6.45) is 7.17. The number of carbonyl (C=O) groups excluding carboxylic acids is 1. The van der Waals surface area contributed by atoms with Gasteiger partial charge in [0.1, 0.15) is 17.3 Å². The predicted octanol–water partition coefficient (Wildman–Crippen LogP) is 3.69. The van der Waals surface area contributed by atoms with Crippen LogP contribution >= 0.6 is 0 Å². The number of nitrogens with one attached hydrogen (secondary N) is 2. The summed E-state index contributed by atoms with van der Waals surface area (Å²) in [5.41, 5.74) is 4.25. The average Bonchev–Trinajstić information content (AvgIpc) is 2.86. The zero-order valence-electron chi connectivity index (χ0n) is 19.7. The van der Waals surface area contributed by atoms with E-state index < -0.39 is 29.7 Å². The number of benzene rings is 2. The summed E-state index contributed by atoms with van der Waals surface area (Å²) < 4.78 is 27.6. The molecule has 184 valence electrons. The Balaban J connectivity index is 1.50. The highest BCUT2D eigenvalue weighted by atomic mass is 19.1. The molecule has 4 rings (SSSR count). The van der Waals surface area contributed by atoms with Crippen LogP contribution in [0.5, 0.6) is 0 Å². The summed E-state index contributed by atoms with van der Waals surface area (Å²) in [6.45, 7) is 2.32. The number of fused-ring (bicyclic) bond motifs is 1. The third kappa shape index (κ3) is 6.46. The van der Waals surface area contributed by atoms with Gasteiger partial charge >= 0.3 is 0 Å². The first-order valence-electron chi connectivity index (χ1n) is 12.0. The Morgan fingerprint density at radius 1 is 1.14 bits per heavy atom. The lowest BCUT2D eigenvalue weighted by molar-refractivity contribution is 0.0818. The zero-order chi connectivity index (χ0) is 24.8. The molecule has 1 amide bonds. The van der Waals surface area contributed by atoms with E-state index in [1.807, 2.05) is 0 Å². The van der Waals surface area contributed by atoms with Crippen molar-refractivity contribution in [2.75, 3.05) is 6.54 Å². The zero-order valence-corrected chi connectivity index (χ0v) is 19.7. The molecule has 0 bridgehead atoms. The van der Waals surface area contributed by atoms with Crippen molar-refractivity contribution in [1.82, 2.24) is 20.6 Å². The van der Waals surface area contributed by atoms with Crippen molar-refractivity contribution >= 4 is 5.91 Å².